The van der Waals surface area contributed by atoms with Gasteiger partial charge in [-0.1, -0.05) is 36.4 Å². The number of hydrogen-bond donors (Lipinski definition) is 0. The molecule has 0 atom stereocenters. The second-order valence-corrected chi connectivity index (χ2v) is 4.81. The number of nitrogens with zero attached hydrogens (tertiary/aromatic N) is 1. The molecule has 0 saturated heterocycles. The molecule has 0 aromatic heterocycles. The van der Waals surface area contributed by atoms with Crippen molar-refractivity contribution in [2.75, 3.05) is 7.11 Å². The summed E-state index contributed by atoms with van der Waals surface area (Å²) in [6, 6.07) is 9.80. The number of carbonyl (C=O) groups is 2. The highest BCUT2D eigenvalue weighted by Gasteiger charge is 2.22. The highest BCUT2D eigenvalue weighted by atomic mass is 16.5. The summed E-state index contributed by atoms with van der Waals surface area (Å²) in [6.45, 7) is 0.502. The molecule has 0 bridgehead atoms. The van der Waals surface area contributed by atoms with E-state index >= 15 is 0 Å². The molecule has 0 fully saturated rings. The van der Waals surface area contributed by atoms with Crippen molar-refractivity contribution in [2.45, 2.75) is 32.2 Å². The molecule has 0 unspecified atom stereocenters. The molecule has 4 nitrogen and oxygen atoms in total. The van der Waals surface area contributed by atoms with E-state index in [9.17, 15) is 9.59 Å². The molecular formula is C16H19NO3. The smallest absolute Gasteiger partial charge is 0.315 e. The molecule has 1 amide bonds. The van der Waals surface area contributed by atoms with Crippen LogP contribution >= 0.6 is 0 Å². The van der Waals surface area contributed by atoms with Crippen molar-refractivity contribution in [1.29, 1.82) is 0 Å². The number of amides is 1. The predicted molar refractivity (Wildman–Crippen MR) is 75.6 cm³/mol. The molecule has 1 aromatic carbocycles. The monoisotopic (exact) mass is 273 g/mol. The summed E-state index contributed by atoms with van der Waals surface area (Å²) in [5, 5.41) is 0. The van der Waals surface area contributed by atoms with Gasteiger partial charge in [-0.15, -0.1) is 0 Å². The van der Waals surface area contributed by atoms with E-state index in [1.165, 1.54) is 7.11 Å². The molecular weight excluding hydrogens is 254 g/mol. The Morgan fingerprint density at radius 2 is 2.00 bits per heavy atom. The van der Waals surface area contributed by atoms with Crippen LogP contribution in [0.1, 0.15) is 31.2 Å². The van der Waals surface area contributed by atoms with Crippen LogP contribution in [0.15, 0.2) is 42.1 Å². The molecule has 1 aliphatic rings. The minimum absolute atomic E-state index is 0.200. The number of allylic oxidation sites excluding steroid dienone is 2. The summed E-state index contributed by atoms with van der Waals surface area (Å²) in [5.41, 5.74) is 2.07. The van der Waals surface area contributed by atoms with E-state index in [0.717, 1.165) is 30.5 Å². The van der Waals surface area contributed by atoms with Gasteiger partial charge in [0.25, 0.3) is 0 Å². The first-order valence-corrected chi connectivity index (χ1v) is 6.81. The van der Waals surface area contributed by atoms with E-state index in [1.807, 2.05) is 30.3 Å². The number of methoxy groups -OCH3 is 1. The van der Waals surface area contributed by atoms with Crippen LogP contribution in [0.3, 0.4) is 0 Å². The largest absolute Gasteiger partial charge is 0.469 e. The van der Waals surface area contributed by atoms with Crippen LogP contribution in [-0.2, 0) is 20.9 Å². The maximum absolute atomic E-state index is 12.3. The summed E-state index contributed by atoms with van der Waals surface area (Å²) in [7, 11) is 1.30. The third-order valence-corrected chi connectivity index (χ3v) is 3.37. The van der Waals surface area contributed by atoms with Crippen LogP contribution in [0.4, 0.5) is 0 Å². The zero-order valence-corrected chi connectivity index (χ0v) is 11.7. The quantitative estimate of drug-likeness (QED) is 0.612. The fourth-order valence-electron chi connectivity index (χ4n) is 2.31. The lowest BCUT2D eigenvalue weighted by atomic mass is 10.2. The van der Waals surface area contributed by atoms with Crippen molar-refractivity contribution in [2.24, 2.45) is 0 Å². The van der Waals surface area contributed by atoms with Crippen LogP contribution in [0.2, 0.25) is 0 Å². The molecule has 4 heteroatoms. The van der Waals surface area contributed by atoms with Gasteiger partial charge < -0.3 is 9.64 Å². The lowest BCUT2D eigenvalue weighted by Crippen LogP contribution is -2.31. The molecule has 0 heterocycles. The third kappa shape index (κ3) is 3.70. The van der Waals surface area contributed by atoms with Gasteiger partial charge in [-0.25, -0.2) is 0 Å². The van der Waals surface area contributed by atoms with Crippen LogP contribution in [0, 0.1) is 0 Å². The lowest BCUT2D eigenvalue weighted by Gasteiger charge is -2.24. The minimum atomic E-state index is -0.494. The molecule has 1 aromatic rings. The number of hydrogen-bond acceptors (Lipinski definition) is 3. The normalized spacial score (nSPS) is 13.8. The van der Waals surface area contributed by atoms with Crippen molar-refractivity contribution in [3.63, 3.8) is 0 Å². The van der Waals surface area contributed by atoms with E-state index in [0.29, 0.717) is 6.54 Å². The summed E-state index contributed by atoms with van der Waals surface area (Å²) in [5.74, 6) is -0.694. The summed E-state index contributed by atoms with van der Waals surface area (Å²) < 4.78 is 4.58. The Labute approximate surface area is 119 Å². The summed E-state index contributed by atoms with van der Waals surface area (Å²) in [4.78, 5) is 25.3. The summed E-state index contributed by atoms with van der Waals surface area (Å²) in [6.07, 6.45) is 4.82. The molecule has 0 spiro atoms. The molecule has 0 radical (unpaired) electrons. The fraction of sp³-hybridized carbons (Fsp3) is 0.375. The molecule has 1 aliphatic carbocycles. The van der Waals surface area contributed by atoms with Crippen molar-refractivity contribution in [3.8, 4) is 0 Å². The maximum Gasteiger partial charge on any atom is 0.315 e. The van der Waals surface area contributed by atoms with E-state index in [4.69, 9.17) is 0 Å². The SMILES string of the molecule is COC(=O)CC(=O)N(Cc1ccccc1)C1=CCCC1. The zero-order valence-electron chi connectivity index (χ0n) is 11.7. The van der Waals surface area contributed by atoms with Crippen molar-refractivity contribution < 1.29 is 14.3 Å². The average Bonchev–Trinajstić information content (AvgIpc) is 2.99. The minimum Gasteiger partial charge on any atom is -0.469 e. The maximum atomic E-state index is 12.3. The zero-order chi connectivity index (χ0) is 14.4. The number of benzene rings is 1. The second kappa shape index (κ2) is 6.89. The van der Waals surface area contributed by atoms with Gasteiger partial charge >= 0.3 is 5.97 Å². The summed E-state index contributed by atoms with van der Waals surface area (Å²) >= 11 is 0. The Kier molecular flexibility index (Phi) is 4.93. The molecule has 2 rings (SSSR count). The Bertz CT molecular complexity index is 508. The molecule has 0 N–H and O–H groups in total. The molecule has 0 aliphatic heterocycles. The molecule has 20 heavy (non-hydrogen) atoms. The number of carbonyl (C=O) groups excluding carboxylic acids is 2. The number of ether oxygens (including phenoxy) is 1. The number of esters is 1. The van der Waals surface area contributed by atoms with Gasteiger partial charge in [0.15, 0.2) is 0 Å². The van der Waals surface area contributed by atoms with Crippen molar-refractivity contribution in [1.82, 2.24) is 4.90 Å². The highest BCUT2D eigenvalue weighted by Crippen LogP contribution is 2.24. The predicted octanol–water partition coefficient (Wildman–Crippen LogP) is 2.65. The Hall–Kier alpha value is -2.10. The standard InChI is InChI=1S/C16H19NO3/c1-20-16(19)11-15(18)17(14-9-5-6-10-14)12-13-7-3-2-4-8-13/h2-4,7-9H,5-6,10-12H2,1H3. The average molecular weight is 273 g/mol. The van der Waals surface area contributed by atoms with E-state index < -0.39 is 5.97 Å². The molecule has 106 valence electrons. The first-order chi connectivity index (χ1) is 9.70. The lowest BCUT2D eigenvalue weighted by molar-refractivity contribution is -0.146. The van der Waals surface area contributed by atoms with Gasteiger partial charge in [0.1, 0.15) is 6.42 Å². The van der Waals surface area contributed by atoms with E-state index in [-0.39, 0.29) is 12.3 Å². The Morgan fingerprint density at radius 3 is 2.60 bits per heavy atom. The van der Waals surface area contributed by atoms with Crippen LogP contribution in [0.5, 0.6) is 0 Å². The van der Waals surface area contributed by atoms with Crippen LogP contribution in [0.25, 0.3) is 0 Å². The van der Waals surface area contributed by atoms with Gasteiger partial charge in [0.2, 0.25) is 5.91 Å². The van der Waals surface area contributed by atoms with E-state index in [2.05, 4.69) is 10.8 Å². The number of rotatable bonds is 5. The Morgan fingerprint density at radius 1 is 1.25 bits per heavy atom. The fourth-order valence-corrected chi connectivity index (χ4v) is 2.31. The molecule has 0 saturated carbocycles. The van der Waals surface area contributed by atoms with Gasteiger partial charge in [0.05, 0.1) is 13.7 Å². The Balaban J connectivity index is 2.12. The van der Waals surface area contributed by atoms with Gasteiger partial charge in [-0.05, 0) is 24.8 Å². The van der Waals surface area contributed by atoms with Gasteiger partial charge in [-0.3, -0.25) is 9.59 Å². The first-order valence-electron chi connectivity index (χ1n) is 6.81. The van der Waals surface area contributed by atoms with Crippen LogP contribution in [-0.4, -0.2) is 23.9 Å². The third-order valence-electron chi connectivity index (χ3n) is 3.37. The van der Waals surface area contributed by atoms with Crippen molar-refractivity contribution >= 4 is 11.9 Å². The topological polar surface area (TPSA) is 46.6 Å². The van der Waals surface area contributed by atoms with E-state index in [1.54, 1.807) is 4.90 Å². The van der Waals surface area contributed by atoms with Crippen LogP contribution < -0.4 is 0 Å². The highest BCUT2D eigenvalue weighted by molar-refractivity contribution is 5.95. The second-order valence-electron chi connectivity index (χ2n) is 4.81. The van der Waals surface area contributed by atoms with Gasteiger partial charge in [0, 0.05) is 5.70 Å². The first kappa shape index (κ1) is 14.3. The van der Waals surface area contributed by atoms with Crippen molar-refractivity contribution in [3.05, 3.63) is 47.7 Å². The van der Waals surface area contributed by atoms with Gasteiger partial charge in [-0.2, -0.15) is 0 Å².